The molecule has 4 heteroatoms. The third kappa shape index (κ3) is 5.77. The first-order valence-electron chi connectivity index (χ1n) is 21.8. The Labute approximate surface area is 378 Å². The number of hydrogen-bond donors (Lipinski definition) is 1. The normalized spacial score (nSPS) is 11.8. The zero-order valence-corrected chi connectivity index (χ0v) is 36.3. The molecule has 0 atom stereocenters. The molecule has 13 aromatic rings. The number of anilines is 3. The molecule has 10 aromatic carbocycles. The van der Waals surface area contributed by atoms with Crippen LogP contribution in [0.15, 0.2) is 224 Å². The summed E-state index contributed by atoms with van der Waals surface area (Å²) in [5.41, 5.74) is 15.0. The number of para-hydroxylation sites is 4. The first kappa shape index (κ1) is 36.9. The van der Waals surface area contributed by atoms with Crippen molar-refractivity contribution in [3.8, 4) is 44.5 Å². The Balaban J connectivity index is 1.15. The molecule has 0 spiro atoms. The number of fused-ring (bicyclic) bond motifs is 9. The zero-order chi connectivity index (χ0) is 42.1. The molecular formula is C60H38N2S2. The van der Waals surface area contributed by atoms with Crippen LogP contribution >= 0.6 is 22.7 Å². The van der Waals surface area contributed by atoms with Crippen LogP contribution in [-0.2, 0) is 0 Å². The van der Waals surface area contributed by atoms with Crippen molar-refractivity contribution in [1.82, 2.24) is 4.98 Å². The smallest absolute Gasteiger partial charge is 0.0551 e. The fourth-order valence-electron chi connectivity index (χ4n) is 10.1. The van der Waals surface area contributed by atoms with Gasteiger partial charge < -0.3 is 9.88 Å². The fourth-order valence-corrected chi connectivity index (χ4v) is 12.4. The average Bonchev–Trinajstić information content (AvgIpc) is 4.06. The third-order valence-electron chi connectivity index (χ3n) is 12.9. The van der Waals surface area contributed by atoms with E-state index < -0.39 is 0 Å². The molecule has 0 saturated carbocycles. The topological polar surface area (TPSA) is 19.0 Å². The highest BCUT2D eigenvalue weighted by Gasteiger charge is 2.27. The van der Waals surface area contributed by atoms with Crippen molar-refractivity contribution < 1.29 is 0 Å². The fraction of sp³-hybridized carbons (Fsp3) is 0. The van der Waals surface area contributed by atoms with Crippen LogP contribution in [0.5, 0.6) is 0 Å². The Hall–Kier alpha value is -7.76. The molecule has 0 radical (unpaired) electrons. The van der Waals surface area contributed by atoms with Gasteiger partial charge in [-0.15, -0.1) is 22.7 Å². The van der Waals surface area contributed by atoms with Crippen LogP contribution in [0.2, 0.25) is 0 Å². The highest BCUT2D eigenvalue weighted by Crippen LogP contribution is 2.53. The Morgan fingerprint density at radius 3 is 1.36 bits per heavy atom. The SMILES string of the molecule is c1ccc(-c2ccc3c([nH]c4ccccc43)c2-c2ccccc2N(c2ccccc2-c2cccc3sc4ccccc4c23)c2ccccc2-c2cccc3sc4ccccc4c23)cc1. The highest BCUT2D eigenvalue weighted by molar-refractivity contribution is 7.26. The average molecular weight is 851 g/mol. The number of H-pyrrole nitrogens is 1. The van der Waals surface area contributed by atoms with Gasteiger partial charge in [0.15, 0.2) is 0 Å². The predicted octanol–water partition coefficient (Wildman–Crippen LogP) is 18.2. The van der Waals surface area contributed by atoms with E-state index in [0.717, 1.165) is 33.7 Å². The molecule has 13 rings (SSSR count). The number of benzene rings is 10. The van der Waals surface area contributed by atoms with Crippen LogP contribution in [0.25, 0.3) is 107 Å². The maximum Gasteiger partial charge on any atom is 0.0551 e. The van der Waals surface area contributed by atoms with E-state index in [1.165, 1.54) is 90.1 Å². The van der Waals surface area contributed by atoms with Crippen molar-refractivity contribution in [2.75, 3.05) is 4.90 Å². The van der Waals surface area contributed by atoms with E-state index >= 15 is 0 Å². The van der Waals surface area contributed by atoms with Gasteiger partial charge in [-0.2, -0.15) is 0 Å². The Morgan fingerprint density at radius 2 is 0.750 bits per heavy atom. The number of nitrogens with one attached hydrogen (secondary N) is 1. The van der Waals surface area contributed by atoms with Crippen molar-refractivity contribution in [1.29, 1.82) is 0 Å². The summed E-state index contributed by atoms with van der Waals surface area (Å²) in [7, 11) is 0. The minimum Gasteiger partial charge on any atom is -0.354 e. The van der Waals surface area contributed by atoms with Crippen LogP contribution in [-0.4, -0.2) is 4.98 Å². The van der Waals surface area contributed by atoms with Gasteiger partial charge in [0.2, 0.25) is 0 Å². The van der Waals surface area contributed by atoms with Crippen LogP contribution in [0.1, 0.15) is 0 Å². The summed E-state index contributed by atoms with van der Waals surface area (Å²) in [4.78, 5) is 6.48. The van der Waals surface area contributed by atoms with E-state index in [9.17, 15) is 0 Å². The molecule has 64 heavy (non-hydrogen) atoms. The van der Waals surface area contributed by atoms with Crippen LogP contribution < -0.4 is 4.90 Å². The number of aromatic amines is 1. The number of rotatable bonds is 7. The van der Waals surface area contributed by atoms with Gasteiger partial charge in [0.05, 0.1) is 22.6 Å². The van der Waals surface area contributed by atoms with Gasteiger partial charge >= 0.3 is 0 Å². The summed E-state index contributed by atoms with van der Waals surface area (Å²) in [6.07, 6.45) is 0. The van der Waals surface area contributed by atoms with Crippen molar-refractivity contribution in [3.05, 3.63) is 224 Å². The van der Waals surface area contributed by atoms with E-state index in [1.54, 1.807) is 0 Å². The summed E-state index contributed by atoms with van der Waals surface area (Å²) in [6, 6.07) is 82.5. The number of thiophene rings is 2. The Kier molecular flexibility index (Phi) is 8.61. The van der Waals surface area contributed by atoms with E-state index in [2.05, 4.69) is 234 Å². The molecule has 3 heterocycles. The molecule has 3 aromatic heterocycles. The lowest BCUT2D eigenvalue weighted by molar-refractivity contribution is 1.29. The highest BCUT2D eigenvalue weighted by atomic mass is 32.1. The third-order valence-corrected chi connectivity index (χ3v) is 15.1. The van der Waals surface area contributed by atoms with Crippen LogP contribution in [0.4, 0.5) is 17.1 Å². The molecule has 1 N–H and O–H groups in total. The van der Waals surface area contributed by atoms with Crippen LogP contribution in [0.3, 0.4) is 0 Å². The molecule has 0 bridgehead atoms. The molecule has 0 saturated heterocycles. The van der Waals surface area contributed by atoms with Gasteiger partial charge in [0, 0.05) is 78.9 Å². The van der Waals surface area contributed by atoms with E-state index in [1.807, 2.05) is 22.7 Å². The molecular weight excluding hydrogens is 813 g/mol. The lowest BCUT2D eigenvalue weighted by atomic mass is 9.90. The van der Waals surface area contributed by atoms with Crippen LogP contribution in [0, 0.1) is 0 Å². The standard InChI is InChI=1S/C60H38N2S2/c1-2-18-38(19-3-1)39-36-37-45-40-20-4-10-28-49(40)61-60(45)59(39)46-23-7-13-31-52(46)62(50-29-11-5-21-41(50)43-26-16-34-55-57(43)47-24-8-14-32-53(47)63-55)51-30-12-6-22-42(51)44-27-17-35-56-58(44)48-25-9-15-33-54(48)64-56/h1-37,61H. The van der Waals surface area contributed by atoms with Gasteiger partial charge in [-0.25, -0.2) is 0 Å². The van der Waals surface area contributed by atoms with E-state index in [4.69, 9.17) is 0 Å². The second-order valence-electron chi connectivity index (χ2n) is 16.4. The number of hydrogen-bond acceptors (Lipinski definition) is 3. The van der Waals surface area contributed by atoms with E-state index in [0.29, 0.717) is 0 Å². The summed E-state index contributed by atoms with van der Waals surface area (Å²) in [5, 5.41) is 7.58. The number of aromatic nitrogens is 1. The van der Waals surface area contributed by atoms with Gasteiger partial charge in [0.1, 0.15) is 0 Å². The summed E-state index contributed by atoms with van der Waals surface area (Å²) < 4.78 is 5.17. The zero-order valence-electron chi connectivity index (χ0n) is 34.6. The second kappa shape index (κ2) is 15.0. The minimum absolute atomic E-state index is 1.09. The maximum absolute atomic E-state index is 3.93. The summed E-state index contributed by atoms with van der Waals surface area (Å²) in [6.45, 7) is 0. The molecule has 2 nitrogen and oxygen atoms in total. The summed E-state index contributed by atoms with van der Waals surface area (Å²) in [5.74, 6) is 0. The molecule has 0 aliphatic heterocycles. The van der Waals surface area contributed by atoms with Crippen molar-refractivity contribution in [2.24, 2.45) is 0 Å². The molecule has 0 unspecified atom stereocenters. The first-order chi connectivity index (χ1) is 31.8. The Bertz CT molecular complexity index is 3770. The van der Waals surface area contributed by atoms with Gasteiger partial charge in [0.25, 0.3) is 0 Å². The van der Waals surface area contributed by atoms with E-state index in [-0.39, 0.29) is 0 Å². The van der Waals surface area contributed by atoms with Crippen molar-refractivity contribution >= 4 is 102 Å². The minimum atomic E-state index is 1.09. The molecule has 300 valence electrons. The van der Waals surface area contributed by atoms with Crippen molar-refractivity contribution in [2.45, 2.75) is 0 Å². The van der Waals surface area contributed by atoms with Crippen molar-refractivity contribution in [3.63, 3.8) is 0 Å². The molecule has 0 aliphatic rings. The molecule has 0 amide bonds. The van der Waals surface area contributed by atoms with Gasteiger partial charge in [-0.3, -0.25) is 0 Å². The molecule has 0 aliphatic carbocycles. The Morgan fingerprint density at radius 1 is 0.297 bits per heavy atom. The monoisotopic (exact) mass is 850 g/mol. The maximum atomic E-state index is 3.93. The van der Waals surface area contributed by atoms with Gasteiger partial charge in [-0.1, -0.05) is 176 Å². The molecule has 0 fully saturated rings. The lowest BCUT2D eigenvalue weighted by Crippen LogP contribution is -2.14. The predicted molar refractivity (Wildman–Crippen MR) is 278 cm³/mol. The second-order valence-corrected chi connectivity index (χ2v) is 18.6. The summed E-state index contributed by atoms with van der Waals surface area (Å²) >= 11 is 3.73. The lowest BCUT2D eigenvalue weighted by Gasteiger charge is -2.32. The number of nitrogens with zero attached hydrogens (tertiary/aromatic N) is 1. The largest absolute Gasteiger partial charge is 0.354 e. The first-order valence-corrected chi connectivity index (χ1v) is 23.4. The quantitative estimate of drug-likeness (QED) is 0.169. The van der Waals surface area contributed by atoms with Gasteiger partial charge in [-0.05, 0) is 70.8 Å².